The first-order valence-electron chi connectivity index (χ1n) is 8.69. The Labute approximate surface area is 162 Å². The van der Waals surface area contributed by atoms with Crippen LogP contribution in [0.1, 0.15) is 0 Å². The van der Waals surface area contributed by atoms with Crippen molar-refractivity contribution in [1.29, 1.82) is 0 Å². The summed E-state index contributed by atoms with van der Waals surface area (Å²) in [5, 5.41) is 15.2. The summed E-state index contributed by atoms with van der Waals surface area (Å²) in [4.78, 5) is 6.78. The van der Waals surface area contributed by atoms with Crippen LogP contribution < -0.4 is 15.5 Å². The van der Waals surface area contributed by atoms with Gasteiger partial charge in [0, 0.05) is 13.1 Å². The average molecular weight is 383 g/mol. The molecule has 7 nitrogen and oxygen atoms in total. The van der Waals surface area contributed by atoms with Crippen LogP contribution in [0.25, 0.3) is 0 Å². The highest BCUT2D eigenvalue weighted by molar-refractivity contribution is 6.33. The molecule has 138 valence electrons. The lowest BCUT2D eigenvalue weighted by atomic mass is 10.2. The first-order chi connectivity index (χ1) is 13.3. The molecule has 0 unspecified atom stereocenters. The van der Waals surface area contributed by atoms with Crippen LogP contribution in [0, 0.1) is 0 Å². The lowest BCUT2D eigenvalue weighted by molar-refractivity contribution is 0.123. The Hall–Kier alpha value is -2.90. The minimum Gasteiger partial charge on any atom is -0.378 e. The zero-order valence-corrected chi connectivity index (χ0v) is 15.4. The summed E-state index contributed by atoms with van der Waals surface area (Å²) in [6.45, 7) is 3.16. The summed E-state index contributed by atoms with van der Waals surface area (Å²) < 4.78 is 5.45. The molecule has 0 atom stereocenters. The molecule has 0 amide bonds. The molecule has 1 saturated heterocycles. The Morgan fingerprint density at radius 2 is 1.67 bits per heavy atom. The molecule has 2 N–H and O–H groups in total. The van der Waals surface area contributed by atoms with Crippen LogP contribution in [-0.2, 0) is 4.74 Å². The quantitative estimate of drug-likeness (QED) is 0.694. The summed E-state index contributed by atoms with van der Waals surface area (Å²) >= 11 is 6.19. The fraction of sp³-hybridized carbons (Fsp3) is 0.211. The number of nitrogens with one attached hydrogen (secondary N) is 2. The lowest BCUT2D eigenvalue weighted by Gasteiger charge is -2.30. The van der Waals surface area contributed by atoms with E-state index < -0.39 is 0 Å². The van der Waals surface area contributed by atoms with Gasteiger partial charge in [-0.05, 0) is 24.3 Å². The zero-order chi connectivity index (χ0) is 18.5. The highest BCUT2D eigenvalue weighted by Crippen LogP contribution is 2.29. The zero-order valence-electron chi connectivity index (χ0n) is 14.6. The van der Waals surface area contributed by atoms with Gasteiger partial charge in [-0.15, -0.1) is 5.10 Å². The Morgan fingerprint density at radius 1 is 0.926 bits per heavy atom. The van der Waals surface area contributed by atoms with Crippen molar-refractivity contribution in [2.45, 2.75) is 0 Å². The number of aromatic nitrogens is 3. The van der Waals surface area contributed by atoms with Crippen LogP contribution >= 0.6 is 11.6 Å². The number of hydrogen-bond acceptors (Lipinski definition) is 7. The Bertz CT molecular complexity index is 916. The number of para-hydroxylation sites is 3. The van der Waals surface area contributed by atoms with Crippen LogP contribution in [0.3, 0.4) is 0 Å². The van der Waals surface area contributed by atoms with Gasteiger partial charge in [-0.25, -0.2) is 0 Å². The molecule has 2 aromatic carbocycles. The maximum absolute atomic E-state index is 6.19. The number of rotatable bonds is 5. The van der Waals surface area contributed by atoms with Crippen LogP contribution in [-0.4, -0.2) is 41.5 Å². The van der Waals surface area contributed by atoms with Crippen LogP contribution in [0.2, 0.25) is 5.02 Å². The van der Waals surface area contributed by atoms with Crippen molar-refractivity contribution < 1.29 is 4.74 Å². The molecular weight excluding hydrogens is 364 g/mol. The molecule has 27 heavy (non-hydrogen) atoms. The third-order valence-electron chi connectivity index (χ3n) is 4.20. The molecular formula is C19H19ClN6O. The van der Waals surface area contributed by atoms with E-state index in [1.165, 1.54) is 0 Å². The molecule has 4 rings (SSSR count). The molecule has 1 aliphatic heterocycles. The second-order valence-corrected chi connectivity index (χ2v) is 6.42. The monoisotopic (exact) mass is 382 g/mol. The third kappa shape index (κ3) is 4.27. The molecule has 0 aliphatic carbocycles. The van der Waals surface area contributed by atoms with Crippen molar-refractivity contribution in [1.82, 2.24) is 15.2 Å². The minimum atomic E-state index is 0.410. The van der Waals surface area contributed by atoms with E-state index in [-0.39, 0.29) is 0 Å². The molecule has 1 aromatic heterocycles. The number of hydrogen-bond donors (Lipinski definition) is 2. The van der Waals surface area contributed by atoms with Crippen molar-refractivity contribution in [2.75, 3.05) is 41.8 Å². The number of nitrogens with zero attached hydrogens (tertiary/aromatic N) is 4. The van der Waals surface area contributed by atoms with Gasteiger partial charge in [0.05, 0.1) is 41.5 Å². The standard InChI is InChI=1S/C19H19ClN6O/c20-14-5-1-2-6-15(14)22-18-13-21-25-19(24-18)23-16-7-3-4-8-17(16)26-9-11-27-12-10-26/h1-8,13H,9-12H2,(H2,22,23,24,25). The third-order valence-corrected chi connectivity index (χ3v) is 4.53. The molecule has 2 heterocycles. The first kappa shape index (κ1) is 17.5. The van der Waals surface area contributed by atoms with E-state index in [0.717, 1.165) is 43.4 Å². The van der Waals surface area contributed by atoms with Crippen molar-refractivity contribution in [3.05, 3.63) is 59.8 Å². The van der Waals surface area contributed by atoms with E-state index in [0.29, 0.717) is 16.8 Å². The maximum Gasteiger partial charge on any atom is 0.249 e. The molecule has 0 spiro atoms. The van der Waals surface area contributed by atoms with Crippen molar-refractivity contribution in [3.8, 4) is 0 Å². The highest BCUT2D eigenvalue weighted by Gasteiger charge is 2.15. The van der Waals surface area contributed by atoms with E-state index >= 15 is 0 Å². The smallest absolute Gasteiger partial charge is 0.249 e. The van der Waals surface area contributed by atoms with Crippen molar-refractivity contribution in [2.24, 2.45) is 0 Å². The van der Waals surface area contributed by atoms with E-state index in [9.17, 15) is 0 Å². The predicted octanol–water partition coefficient (Wildman–Crippen LogP) is 3.85. The highest BCUT2D eigenvalue weighted by atomic mass is 35.5. The largest absolute Gasteiger partial charge is 0.378 e. The van der Waals surface area contributed by atoms with Crippen molar-refractivity contribution >= 4 is 40.4 Å². The maximum atomic E-state index is 6.19. The van der Waals surface area contributed by atoms with Gasteiger partial charge in [-0.1, -0.05) is 35.9 Å². The first-order valence-corrected chi connectivity index (χ1v) is 9.07. The van der Waals surface area contributed by atoms with Crippen LogP contribution in [0.5, 0.6) is 0 Å². The van der Waals surface area contributed by atoms with E-state index in [1.54, 1.807) is 6.20 Å². The predicted molar refractivity (Wildman–Crippen MR) is 107 cm³/mol. The molecule has 0 saturated carbocycles. The lowest BCUT2D eigenvalue weighted by Crippen LogP contribution is -2.36. The Balaban J connectivity index is 1.54. The number of ether oxygens (including phenoxy) is 1. The van der Waals surface area contributed by atoms with E-state index in [1.807, 2.05) is 42.5 Å². The van der Waals surface area contributed by atoms with Crippen molar-refractivity contribution in [3.63, 3.8) is 0 Å². The van der Waals surface area contributed by atoms with E-state index in [4.69, 9.17) is 16.3 Å². The van der Waals surface area contributed by atoms with Gasteiger partial charge in [-0.2, -0.15) is 10.1 Å². The molecule has 1 fully saturated rings. The topological polar surface area (TPSA) is 75.2 Å². The summed E-state index contributed by atoms with van der Waals surface area (Å²) in [5.74, 6) is 0.970. The molecule has 1 aliphatic rings. The molecule has 0 radical (unpaired) electrons. The van der Waals surface area contributed by atoms with Gasteiger partial charge in [0.15, 0.2) is 5.82 Å². The molecule has 8 heteroatoms. The average Bonchev–Trinajstić information content (AvgIpc) is 2.71. The summed E-state index contributed by atoms with van der Waals surface area (Å²) in [7, 11) is 0. The van der Waals surface area contributed by atoms with Crippen LogP contribution in [0.15, 0.2) is 54.7 Å². The van der Waals surface area contributed by atoms with E-state index in [2.05, 4.69) is 36.8 Å². The Morgan fingerprint density at radius 3 is 2.48 bits per heavy atom. The van der Waals surface area contributed by atoms with Gasteiger partial charge in [-0.3, -0.25) is 0 Å². The number of anilines is 5. The Kier molecular flexibility index (Phi) is 5.32. The summed E-state index contributed by atoms with van der Waals surface area (Å²) in [5.41, 5.74) is 2.78. The molecule has 3 aromatic rings. The number of morpholine rings is 1. The van der Waals surface area contributed by atoms with Gasteiger partial charge >= 0.3 is 0 Å². The van der Waals surface area contributed by atoms with Gasteiger partial charge in [0.25, 0.3) is 0 Å². The van der Waals surface area contributed by atoms with Gasteiger partial charge < -0.3 is 20.3 Å². The second kappa shape index (κ2) is 8.20. The number of halogens is 1. The molecule has 0 bridgehead atoms. The summed E-state index contributed by atoms with van der Waals surface area (Å²) in [6, 6.07) is 15.6. The second-order valence-electron chi connectivity index (χ2n) is 6.01. The van der Waals surface area contributed by atoms with Gasteiger partial charge in [0.1, 0.15) is 0 Å². The van der Waals surface area contributed by atoms with Gasteiger partial charge in [0.2, 0.25) is 5.95 Å². The van der Waals surface area contributed by atoms with Crippen LogP contribution in [0.4, 0.5) is 28.8 Å². The summed E-state index contributed by atoms with van der Waals surface area (Å²) in [6.07, 6.45) is 1.56. The fourth-order valence-corrected chi connectivity index (χ4v) is 3.08. The minimum absolute atomic E-state index is 0.410. The normalized spacial score (nSPS) is 14.0. The SMILES string of the molecule is Clc1ccccc1Nc1cnnc(Nc2ccccc2N2CCOCC2)n1. The number of benzene rings is 2. The fourth-order valence-electron chi connectivity index (χ4n) is 2.90.